The number of Topliss-reactive ketones (excluding diaryl/α,β-unsaturated/α-hetero) is 1. The average Bonchev–Trinajstić information content (AvgIpc) is 2.98. The van der Waals surface area contributed by atoms with Crippen LogP contribution in [0.4, 0.5) is 0 Å². The van der Waals surface area contributed by atoms with Gasteiger partial charge in [0.05, 0.1) is 5.71 Å². The Hall–Kier alpha value is -1.11. The number of carbonyl (C=O) groups excluding carboxylic acids is 2. The molecule has 1 amide bonds. The van der Waals surface area contributed by atoms with Crippen molar-refractivity contribution in [2.24, 2.45) is 10.9 Å². The molecule has 5 aliphatic rings. The summed E-state index contributed by atoms with van der Waals surface area (Å²) in [6, 6.07) is 0.174. The molecule has 22 heavy (non-hydrogen) atoms. The summed E-state index contributed by atoms with van der Waals surface area (Å²) < 4.78 is 0. The van der Waals surface area contributed by atoms with Crippen molar-refractivity contribution in [2.45, 2.75) is 24.1 Å². The zero-order valence-electron chi connectivity index (χ0n) is 12.0. The van der Waals surface area contributed by atoms with Crippen molar-refractivity contribution in [3.05, 3.63) is 23.3 Å². The van der Waals surface area contributed by atoms with Gasteiger partial charge in [-0.25, -0.2) is 0 Å². The number of fused-ring (bicyclic) bond motifs is 4. The van der Waals surface area contributed by atoms with Gasteiger partial charge in [-0.05, 0) is 43.3 Å². The van der Waals surface area contributed by atoms with Gasteiger partial charge < -0.3 is 10.2 Å². The summed E-state index contributed by atoms with van der Waals surface area (Å²) in [6.45, 7) is 3.18. The molecule has 0 spiro atoms. The summed E-state index contributed by atoms with van der Waals surface area (Å²) in [7, 11) is 0. The molecule has 5 nitrogen and oxygen atoms in total. The molecule has 2 unspecified atom stereocenters. The molecule has 1 N–H and O–H groups in total. The second kappa shape index (κ2) is 6.18. The van der Waals surface area contributed by atoms with Crippen LogP contribution in [0.3, 0.4) is 0 Å². The predicted molar refractivity (Wildman–Crippen MR) is 89.4 cm³/mol. The van der Waals surface area contributed by atoms with Gasteiger partial charge in [-0.3, -0.25) is 14.6 Å². The zero-order chi connectivity index (χ0) is 14.4. The number of rotatable bonds is 2. The number of thioether (sulfide) groups is 1. The lowest BCUT2D eigenvalue weighted by atomic mass is 9.84. The molecular weight excluding hydrogens is 322 g/mol. The van der Waals surface area contributed by atoms with Crippen LogP contribution in [0.15, 0.2) is 28.2 Å². The van der Waals surface area contributed by atoms with Crippen LogP contribution in [-0.4, -0.2) is 53.2 Å². The highest BCUT2D eigenvalue weighted by molar-refractivity contribution is 8.04. The highest BCUT2D eigenvalue weighted by atomic mass is 35.5. The molecule has 7 heteroatoms. The zero-order valence-corrected chi connectivity index (χ0v) is 13.7. The molecule has 3 saturated heterocycles. The van der Waals surface area contributed by atoms with Gasteiger partial charge in [0.2, 0.25) is 0 Å². The van der Waals surface area contributed by atoms with Gasteiger partial charge in [0.15, 0.2) is 5.78 Å². The summed E-state index contributed by atoms with van der Waals surface area (Å²) in [6.07, 6.45) is 5.55. The molecule has 0 aromatic rings. The van der Waals surface area contributed by atoms with E-state index in [0.29, 0.717) is 5.92 Å². The van der Waals surface area contributed by atoms with Gasteiger partial charge in [0, 0.05) is 18.8 Å². The first-order valence-electron chi connectivity index (χ1n) is 7.39. The van der Waals surface area contributed by atoms with E-state index in [2.05, 4.69) is 15.2 Å². The lowest BCUT2D eigenvalue weighted by molar-refractivity contribution is -0.123. The maximum atomic E-state index is 12.4. The Morgan fingerprint density at radius 3 is 2.82 bits per heavy atom. The highest BCUT2D eigenvalue weighted by Gasteiger charge is 2.38. The lowest BCUT2D eigenvalue weighted by Crippen LogP contribution is -2.57. The molecule has 0 aliphatic carbocycles. The summed E-state index contributed by atoms with van der Waals surface area (Å²) in [5, 5.41) is 4.61. The van der Waals surface area contributed by atoms with E-state index in [0.717, 1.165) is 38.2 Å². The number of amides is 1. The van der Waals surface area contributed by atoms with Crippen molar-refractivity contribution in [2.75, 3.05) is 19.6 Å². The molecule has 3 fully saturated rings. The second-order valence-corrected chi connectivity index (χ2v) is 7.01. The first-order valence-corrected chi connectivity index (χ1v) is 8.34. The summed E-state index contributed by atoms with van der Waals surface area (Å²) in [4.78, 5) is 31.4. The molecule has 0 radical (unpaired) electrons. The molecule has 0 aromatic heterocycles. The summed E-state index contributed by atoms with van der Waals surface area (Å²) >= 11 is 1.42. The highest BCUT2D eigenvalue weighted by Crippen LogP contribution is 2.30. The number of hydrogen-bond acceptors (Lipinski definition) is 5. The van der Waals surface area contributed by atoms with Crippen LogP contribution < -0.4 is 5.32 Å². The monoisotopic (exact) mass is 339 g/mol. The van der Waals surface area contributed by atoms with Crippen molar-refractivity contribution in [1.82, 2.24) is 10.2 Å². The van der Waals surface area contributed by atoms with E-state index in [9.17, 15) is 9.59 Å². The summed E-state index contributed by atoms with van der Waals surface area (Å²) in [5.41, 5.74) is 0.959. The minimum Gasteiger partial charge on any atom is -0.348 e. The Morgan fingerprint density at radius 1 is 1.36 bits per heavy atom. The topological polar surface area (TPSA) is 61.8 Å². The van der Waals surface area contributed by atoms with Crippen molar-refractivity contribution in [1.29, 1.82) is 0 Å². The van der Waals surface area contributed by atoms with Gasteiger partial charge in [-0.2, -0.15) is 0 Å². The largest absolute Gasteiger partial charge is 0.348 e. The molecule has 0 aromatic carbocycles. The minimum absolute atomic E-state index is 0. The molecular formula is C15H18ClN3O2S. The molecule has 5 rings (SSSR count). The standard InChI is InChI=1S/C15H17N3O2S.ClH/c19-13-10(7-16-11-3-6-21-14(11)13)15(20)17-12-8-18-4-1-9(12)2-5-18;/h3,6-7,9,12,14H,1-2,4-5,8H2,(H,17,20);1H. The van der Waals surface area contributed by atoms with Gasteiger partial charge in [-0.15, -0.1) is 24.2 Å². The molecule has 2 bridgehead atoms. The van der Waals surface area contributed by atoms with Crippen LogP contribution >= 0.6 is 24.2 Å². The fourth-order valence-electron chi connectivity index (χ4n) is 3.54. The Morgan fingerprint density at radius 2 is 2.14 bits per heavy atom. The fraction of sp³-hybridized carbons (Fsp3) is 0.533. The van der Waals surface area contributed by atoms with Crippen molar-refractivity contribution >= 4 is 41.6 Å². The summed E-state index contributed by atoms with van der Waals surface area (Å²) in [5.74, 6) is 0.183. The fourth-order valence-corrected chi connectivity index (χ4v) is 4.45. The third-order valence-electron chi connectivity index (χ3n) is 4.79. The van der Waals surface area contributed by atoms with Crippen LogP contribution in [0.2, 0.25) is 0 Å². The third kappa shape index (κ3) is 2.64. The van der Waals surface area contributed by atoms with E-state index in [1.165, 1.54) is 18.0 Å². The van der Waals surface area contributed by atoms with Crippen molar-refractivity contribution < 1.29 is 9.59 Å². The Kier molecular flexibility index (Phi) is 4.43. The minimum atomic E-state index is -0.317. The van der Waals surface area contributed by atoms with Crippen LogP contribution in [0.1, 0.15) is 12.8 Å². The number of hydrogen-bond donors (Lipinski definition) is 1. The first-order chi connectivity index (χ1) is 10.2. The predicted octanol–water partition coefficient (Wildman–Crippen LogP) is 1.16. The average molecular weight is 340 g/mol. The lowest BCUT2D eigenvalue weighted by Gasteiger charge is -2.45. The van der Waals surface area contributed by atoms with Crippen molar-refractivity contribution in [3.63, 3.8) is 0 Å². The molecule has 2 atom stereocenters. The van der Waals surface area contributed by atoms with Gasteiger partial charge in [0.1, 0.15) is 10.8 Å². The van der Waals surface area contributed by atoms with E-state index in [1.54, 1.807) is 0 Å². The van der Waals surface area contributed by atoms with E-state index in [4.69, 9.17) is 0 Å². The maximum Gasteiger partial charge on any atom is 0.256 e. The number of ketones is 1. The molecule has 5 aliphatic heterocycles. The quantitative estimate of drug-likeness (QED) is 0.767. The smallest absolute Gasteiger partial charge is 0.256 e. The third-order valence-corrected chi connectivity index (χ3v) is 5.81. The number of nitrogens with one attached hydrogen (secondary N) is 1. The molecule has 118 valence electrons. The van der Waals surface area contributed by atoms with Crippen LogP contribution in [0.5, 0.6) is 0 Å². The van der Waals surface area contributed by atoms with Crippen LogP contribution in [0.25, 0.3) is 0 Å². The van der Waals surface area contributed by atoms with Gasteiger partial charge in [0.25, 0.3) is 5.91 Å². The normalized spacial score (nSPS) is 35.4. The van der Waals surface area contributed by atoms with Gasteiger partial charge >= 0.3 is 0 Å². The molecule has 0 saturated carbocycles. The number of halogens is 1. The number of nitrogens with zero attached hydrogens (tertiary/aromatic N) is 2. The number of allylic oxidation sites excluding steroid dienone is 1. The Labute approximate surface area is 139 Å². The van der Waals surface area contributed by atoms with E-state index in [-0.39, 0.29) is 41.0 Å². The Balaban J connectivity index is 0.00000144. The van der Waals surface area contributed by atoms with E-state index in [1.807, 2.05) is 11.5 Å². The van der Waals surface area contributed by atoms with E-state index >= 15 is 0 Å². The Bertz CT molecular complexity index is 594. The number of piperidine rings is 3. The SMILES string of the molecule is Cl.O=C(NC1CN2CCC1CC2)C1=CN=C2C=CSC2C1=O. The van der Waals surface area contributed by atoms with Crippen LogP contribution in [0, 0.1) is 5.92 Å². The number of aliphatic imine (C=N–C) groups is 1. The first kappa shape index (κ1) is 15.8. The number of carbonyl (C=O) groups is 2. The van der Waals surface area contributed by atoms with E-state index < -0.39 is 0 Å². The van der Waals surface area contributed by atoms with Crippen LogP contribution in [-0.2, 0) is 9.59 Å². The maximum absolute atomic E-state index is 12.4. The second-order valence-electron chi connectivity index (χ2n) is 6.00. The van der Waals surface area contributed by atoms with Gasteiger partial charge in [-0.1, -0.05) is 0 Å². The molecule has 5 heterocycles. The van der Waals surface area contributed by atoms with Crippen molar-refractivity contribution in [3.8, 4) is 0 Å².